The maximum absolute atomic E-state index is 12.1. The van der Waals surface area contributed by atoms with E-state index < -0.39 is 0 Å². The predicted molar refractivity (Wildman–Crippen MR) is 238 cm³/mol. The number of aryl methyl sites for hydroxylation is 2. The number of ether oxygens (including phenoxy) is 1. The van der Waals surface area contributed by atoms with E-state index in [0.717, 1.165) is 35.8 Å². The molecule has 1 atom stereocenters. The van der Waals surface area contributed by atoms with Gasteiger partial charge in [-0.2, -0.15) is 11.8 Å². The van der Waals surface area contributed by atoms with Crippen molar-refractivity contribution in [3.63, 3.8) is 0 Å². The Labute approximate surface area is 337 Å². The van der Waals surface area contributed by atoms with Gasteiger partial charge in [-0.05, 0) is 92.9 Å². The summed E-state index contributed by atoms with van der Waals surface area (Å²) in [6, 6.07) is 37.5. The Morgan fingerprint density at radius 2 is 1.25 bits per heavy atom. The highest BCUT2D eigenvalue weighted by molar-refractivity contribution is 7.99. The van der Waals surface area contributed by atoms with Crippen molar-refractivity contribution in [1.29, 1.82) is 0 Å². The zero-order valence-electron chi connectivity index (χ0n) is 34.9. The van der Waals surface area contributed by atoms with Crippen LogP contribution in [0.15, 0.2) is 109 Å². The fraction of sp³-hybridized carbons (Fsp3) is 0.378. The van der Waals surface area contributed by atoms with Gasteiger partial charge in [0.25, 0.3) is 0 Å². The standard InChI is InChI=1S/C27H32N2O2S.C9H12.C2H7N.2C2H6.CH3NO.2CH2O/c1-21-8-12-25(13-9-21)28-29-27(30)17-19-32-18-16-24(20-22-6-4-3-5-7-22)23-10-14-26(31-2)15-11-23;1-2-6-9-7-4-3-5-8-9;1-3-2;2*1-2;2-1-3;2*1-2/h3-15,24,28H,16-20H2,1-2H3,(H,29,30);3-5,7-8H,2,6H2,1H3;3H,1-2H3;2*1-2H3;1H,(H2,2,3);2*1H2/t24-;;;;;;;/m0......./s1. The molecule has 0 saturated carbocycles. The minimum Gasteiger partial charge on any atom is -0.497 e. The Kier molecular flexibility index (Phi) is 46.7. The highest BCUT2D eigenvalue weighted by Crippen LogP contribution is 2.28. The van der Waals surface area contributed by atoms with E-state index in [0.29, 0.717) is 12.3 Å². The number of hydrogen-bond donors (Lipinski definition) is 4. The number of hydrazine groups is 1. The third-order valence-corrected chi connectivity index (χ3v) is 7.79. The molecule has 0 aliphatic heterocycles. The van der Waals surface area contributed by atoms with Crippen LogP contribution >= 0.6 is 11.8 Å². The highest BCUT2D eigenvalue weighted by atomic mass is 32.2. The first-order chi connectivity index (χ1) is 26.9. The number of carbonyl (C=O) groups is 4. The molecule has 0 fully saturated rings. The van der Waals surface area contributed by atoms with Crippen LogP contribution in [-0.2, 0) is 32.0 Å². The first-order valence-electron chi connectivity index (χ1n) is 18.6. The number of hydrogen-bond acceptors (Lipinski definition) is 8. The molecular formula is C45H70N4O5S. The molecule has 0 radical (unpaired) electrons. The SMILES string of the molecule is C=O.C=O.CC.CC.CCCc1ccccc1.CNC.COc1ccc([C@@H](CCSCCC(=O)NNc2ccc(C)cc2)Cc2ccccc2)cc1.NC=O. The average molecular weight is 779 g/mol. The summed E-state index contributed by atoms with van der Waals surface area (Å²) in [4.78, 5) is 36.7. The van der Waals surface area contributed by atoms with Crippen LogP contribution < -0.4 is 26.6 Å². The molecule has 0 aliphatic rings. The molecule has 0 aliphatic carbocycles. The molecule has 4 aromatic rings. The van der Waals surface area contributed by atoms with Crippen LogP contribution in [0.4, 0.5) is 5.69 Å². The highest BCUT2D eigenvalue weighted by Gasteiger charge is 2.13. The van der Waals surface area contributed by atoms with Gasteiger partial charge in [0.1, 0.15) is 19.3 Å². The molecule has 10 heteroatoms. The number of nitrogens with one attached hydrogen (secondary N) is 3. The number of carbonyl (C=O) groups excluding carboxylic acids is 4. The molecule has 5 N–H and O–H groups in total. The summed E-state index contributed by atoms with van der Waals surface area (Å²) in [5.74, 6) is 3.15. The number of primary amides is 1. The summed E-state index contributed by atoms with van der Waals surface area (Å²) >= 11 is 1.83. The summed E-state index contributed by atoms with van der Waals surface area (Å²) in [5.41, 5.74) is 16.1. The van der Waals surface area contributed by atoms with Gasteiger partial charge in [0, 0.05) is 12.2 Å². The second-order valence-electron chi connectivity index (χ2n) is 10.7. The molecule has 0 spiro atoms. The van der Waals surface area contributed by atoms with E-state index in [1.165, 1.54) is 35.1 Å². The largest absolute Gasteiger partial charge is 0.497 e. The van der Waals surface area contributed by atoms with E-state index in [4.69, 9.17) is 19.1 Å². The summed E-state index contributed by atoms with van der Waals surface area (Å²) in [6.45, 7) is 16.2. The Morgan fingerprint density at radius 1 is 0.782 bits per heavy atom. The third-order valence-electron chi connectivity index (χ3n) is 6.78. The van der Waals surface area contributed by atoms with Crippen molar-refractivity contribution in [3.05, 3.63) is 131 Å². The molecule has 0 bridgehead atoms. The van der Waals surface area contributed by atoms with Crippen LogP contribution in [0.5, 0.6) is 5.75 Å². The minimum absolute atomic E-state index is 0.00839. The first-order valence-corrected chi connectivity index (χ1v) is 19.8. The van der Waals surface area contributed by atoms with Crippen molar-refractivity contribution in [3.8, 4) is 5.75 Å². The van der Waals surface area contributed by atoms with Crippen molar-refractivity contribution < 1.29 is 23.9 Å². The zero-order chi connectivity index (χ0) is 42.5. The van der Waals surface area contributed by atoms with Gasteiger partial charge in [-0.25, -0.2) is 0 Å². The number of amides is 2. The molecular weight excluding hydrogens is 709 g/mol. The van der Waals surface area contributed by atoms with Crippen LogP contribution in [0.25, 0.3) is 0 Å². The van der Waals surface area contributed by atoms with Crippen molar-refractivity contribution in [2.75, 3.05) is 38.1 Å². The van der Waals surface area contributed by atoms with Gasteiger partial charge in [0.05, 0.1) is 12.8 Å². The molecule has 9 nitrogen and oxygen atoms in total. The molecule has 0 saturated heterocycles. The predicted octanol–water partition coefficient (Wildman–Crippen LogP) is 9.25. The van der Waals surface area contributed by atoms with E-state index in [9.17, 15) is 4.79 Å². The van der Waals surface area contributed by atoms with Gasteiger partial charge in [-0.3, -0.25) is 20.4 Å². The molecule has 2 amide bonds. The van der Waals surface area contributed by atoms with Gasteiger partial charge < -0.3 is 25.4 Å². The van der Waals surface area contributed by atoms with Gasteiger partial charge in [0.2, 0.25) is 12.3 Å². The Balaban J connectivity index is -0.000000466. The van der Waals surface area contributed by atoms with Crippen LogP contribution in [0.1, 0.15) is 82.1 Å². The van der Waals surface area contributed by atoms with Crippen molar-refractivity contribution in [1.82, 2.24) is 10.7 Å². The number of nitrogens with two attached hydrogens (primary N) is 1. The molecule has 4 rings (SSSR count). The molecule has 0 heterocycles. The monoisotopic (exact) mass is 779 g/mol. The lowest BCUT2D eigenvalue weighted by atomic mass is 9.90. The van der Waals surface area contributed by atoms with Crippen molar-refractivity contribution in [2.45, 2.75) is 79.6 Å². The quantitative estimate of drug-likeness (QED) is 0.0565. The Morgan fingerprint density at radius 3 is 1.71 bits per heavy atom. The van der Waals surface area contributed by atoms with Crippen LogP contribution in [0, 0.1) is 6.92 Å². The van der Waals surface area contributed by atoms with E-state index in [2.05, 4.69) is 102 Å². The average Bonchev–Trinajstić information content (AvgIpc) is 3.25. The van der Waals surface area contributed by atoms with Gasteiger partial charge in [0.15, 0.2) is 0 Å². The maximum atomic E-state index is 12.1. The van der Waals surface area contributed by atoms with Gasteiger partial charge in [-0.1, -0.05) is 132 Å². The number of methoxy groups -OCH3 is 1. The molecule has 4 aromatic carbocycles. The molecule has 0 unspecified atom stereocenters. The van der Waals surface area contributed by atoms with E-state index in [1.54, 1.807) is 7.11 Å². The van der Waals surface area contributed by atoms with Crippen molar-refractivity contribution in [2.24, 2.45) is 5.73 Å². The summed E-state index contributed by atoms with van der Waals surface area (Å²) in [5, 5.41) is 2.75. The maximum Gasteiger partial charge on any atom is 0.239 e. The fourth-order valence-electron chi connectivity index (χ4n) is 4.43. The fourth-order valence-corrected chi connectivity index (χ4v) is 5.41. The smallest absolute Gasteiger partial charge is 0.239 e. The van der Waals surface area contributed by atoms with Crippen molar-refractivity contribution >= 4 is 43.3 Å². The molecule has 0 aromatic heterocycles. The summed E-state index contributed by atoms with van der Waals surface area (Å²) in [6.07, 6.45) is 5.27. The lowest BCUT2D eigenvalue weighted by Crippen LogP contribution is -2.29. The third kappa shape index (κ3) is 33.4. The van der Waals surface area contributed by atoms with Gasteiger partial charge >= 0.3 is 0 Å². The number of thioether (sulfide) groups is 1. The first kappa shape index (κ1) is 56.8. The van der Waals surface area contributed by atoms with E-state index in [-0.39, 0.29) is 12.3 Å². The number of rotatable bonds is 14. The normalized spacial score (nSPS) is 9.18. The Bertz CT molecular complexity index is 1360. The van der Waals surface area contributed by atoms with Crippen LogP contribution in [-0.4, -0.2) is 58.6 Å². The number of benzene rings is 4. The molecule has 306 valence electrons. The minimum atomic E-state index is 0.00839. The second-order valence-corrected chi connectivity index (χ2v) is 11.9. The van der Waals surface area contributed by atoms with E-state index >= 15 is 0 Å². The van der Waals surface area contributed by atoms with E-state index in [1.807, 2.05) is 110 Å². The lowest BCUT2D eigenvalue weighted by molar-refractivity contribution is -0.120. The van der Waals surface area contributed by atoms with Crippen LogP contribution in [0.3, 0.4) is 0 Å². The van der Waals surface area contributed by atoms with Gasteiger partial charge in [-0.15, -0.1) is 0 Å². The summed E-state index contributed by atoms with van der Waals surface area (Å²) in [7, 11) is 5.44. The lowest BCUT2D eigenvalue weighted by Gasteiger charge is -2.18. The van der Waals surface area contributed by atoms with Crippen LogP contribution in [0.2, 0.25) is 0 Å². The summed E-state index contributed by atoms with van der Waals surface area (Å²) < 4.78 is 5.31. The number of anilines is 1. The molecule has 55 heavy (non-hydrogen) atoms. The Hall–Kier alpha value is -4.93. The second kappa shape index (κ2) is 45.2. The zero-order valence-corrected chi connectivity index (χ0v) is 35.8. The topological polar surface area (TPSA) is 140 Å².